The number of methoxy groups -OCH3 is 1. The lowest BCUT2D eigenvalue weighted by Gasteiger charge is -2.30. The van der Waals surface area contributed by atoms with Gasteiger partial charge in [0, 0.05) is 19.3 Å². The van der Waals surface area contributed by atoms with E-state index >= 15 is 0 Å². The summed E-state index contributed by atoms with van der Waals surface area (Å²) in [6.45, 7) is 12.8. The highest BCUT2D eigenvalue weighted by Gasteiger charge is 2.33. The van der Waals surface area contributed by atoms with E-state index in [2.05, 4.69) is 19.2 Å². The van der Waals surface area contributed by atoms with Crippen molar-refractivity contribution in [3.63, 3.8) is 0 Å². The molecule has 0 heterocycles. The Kier molecular flexibility index (Phi) is 10.6. The first-order valence-corrected chi connectivity index (χ1v) is 7.83. The molecule has 1 N–H and O–H groups in total. The van der Waals surface area contributed by atoms with Crippen molar-refractivity contribution in [1.29, 1.82) is 0 Å². The van der Waals surface area contributed by atoms with Crippen molar-refractivity contribution < 1.29 is 19.0 Å². The van der Waals surface area contributed by atoms with E-state index in [0.29, 0.717) is 32.2 Å². The molecule has 0 aromatic heterocycles. The fraction of sp³-hybridized carbons (Fsp3) is 0.938. The predicted molar refractivity (Wildman–Crippen MR) is 84.4 cm³/mol. The lowest BCUT2D eigenvalue weighted by Crippen LogP contribution is -2.53. The Morgan fingerprint density at radius 2 is 1.71 bits per heavy atom. The molecule has 126 valence electrons. The number of nitrogens with one attached hydrogen (secondary N) is 1. The second-order valence-corrected chi connectivity index (χ2v) is 6.31. The maximum absolute atomic E-state index is 11.9. The molecule has 0 spiro atoms. The van der Waals surface area contributed by atoms with E-state index < -0.39 is 5.54 Å². The van der Waals surface area contributed by atoms with Crippen molar-refractivity contribution in [3.8, 4) is 0 Å². The van der Waals surface area contributed by atoms with Gasteiger partial charge in [-0.25, -0.2) is 0 Å². The van der Waals surface area contributed by atoms with Crippen LogP contribution in [0.5, 0.6) is 0 Å². The minimum Gasteiger partial charge on any atom is -0.468 e. The molecule has 5 heteroatoms. The molecule has 0 aromatic rings. The van der Waals surface area contributed by atoms with Crippen LogP contribution in [0.3, 0.4) is 0 Å². The molecule has 0 aliphatic heterocycles. The van der Waals surface area contributed by atoms with Crippen molar-refractivity contribution in [1.82, 2.24) is 5.32 Å². The Hall–Kier alpha value is -0.650. The van der Waals surface area contributed by atoms with Crippen molar-refractivity contribution in [2.24, 2.45) is 5.92 Å². The Labute approximate surface area is 129 Å². The third-order valence-electron chi connectivity index (χ3n) is 3.03. The van der Waals surface area contributed by atoms with E-state index in [-0.39, 0.29) is 12.0 Å². The lowest BCUT2D eigenvalue weighted by molar-refractivity contribution is -0.148. The van der Waals surface area contributed by atoms with Crippen LogP contribution in [0.25, 0.3) is 0 Å². The zero-order chi connectivity index (χ0) is 16.3. The molecule has 21 heavy (non-hydrogen) atoms. The summed E-state index contributed by atoms with van der Waals surface area (Å²) in [5, 5.41) is 3.28. The maximum atomic E-state index is 11.9. The van der Waals surface area contributed by atoms with Crippen LogP contribution < -0.4 is 5.32 Å². The Morgan fingerprint density at radius 3 is 2.24 bits per heavy atom. The summed E-state index contributed by atoms with van der Waals surface area (Å²) in [4.78, 5) is 11.9. The van der Waals surface area contributed by atoms with Crippen molar-refractivity contribution in [2.45, 2.75) is 59.0 Å². The standard InChI is InChI=1S/C16H33NO4/c1-13(2)12-21-11-10-20-9-7-8-16(5,15(18)19-6)17-14(3)4/h13-14,17H,7-12H2,1-6H3. The highest BCUT2D eigenvalue weighted by Crippen LogP contribution is 2.15. The third kappa shape index (κ3) is 9.82. The molecular formula is C16H33NO4. The first-order chi connectivity index (χ1) is 9.81. The summed E-state index contributed by atoms with van der Waals surface area (Å²) < 4.78 is 15.9. The Bertz CT molecular complexity index is 281. The molecular weight excluding hydrogens is 270 g/mol. The number of carbonyl (C=O) groups excluding carboxylic acids is 1. The zero-order valence-electron chi connectivity index (χ0n) is 14.5. The normalized spacial score (nSPS) is 14.5. The van der Waals surface area contributed by atoms with E-state index in [1.807, 2.05) is 20.8 Å². The number of ether oxygens (including phenoxy) is 3. The molecule has 0 fully saturated rings. The molecule has 1 atom stereocenters. The van der Waals surface area contributed by atoms with Gasteiger partial charge in [-0.3, -0.25) is 10.1 Å². The van der Waals surface area contributed by atoms with Crippen LogP contribution in [0, 0.1) is 5.92 Å². The topological polar surface area (TPSA) is 56.8 Å². The van der Waals surface area contributed by atoms with Crippen LogP contribution in [-0.2, 0) is 19.0 Å². The zero-order valence-corrected chi connectivity index (χ0v) is 14.5. The van der Waals surface area contributed by atoms with Gasteiger partial charge in [0.05, 0.1) is 20.3 Å². The number of esters is 1. The van der Waals surface area contributed by atoms with Crippen LogP contribution in [-0.4, -0.2) is 51.1 Å². The molecule has 5 nitrogen and oxygen atoms in total. The van der Waals surface area contributed by atoms with Crippen LogP contribution in [0.4, 0.5) is 0 Å². The summed E-state index contributed by atoms with van der Waals surface area (Å²) in [5.41, 5.74) is -0.652. The quantitative estimate of drug-likeness (QED) is 0.443. The highest BCUT2D eigenvalue weighted by molar-refractivity contribution is 5.80. The molecule has 0 rings (SSSR count). The maximum Gasteiger partial charge on any atom is 0.325 e. The monoisotopic (exact) mass is 303 g/mol. The van der Waals surface area contributed by atoms with Crippen LogP contribution in [0.2, 0.25) is 0 Å². The highest BCUT2D eigenvalue weighted by atomic mass is 16.5. The van der Waals surface area contributed by atoms with Gasteiger partial charge >= 0.3 is 5.97 Å². The van der Waals surface area contributed by atoms with Crippen molar-refractivity contribution in [3.05, 3.63) is 0 Å². The molecule has 0 saturated carbocycles. The summed E-state index contributed by atoms with van der Waals surface area (Å²) >= 11 is 0. The van der Waals surface area contributed by atoms with Gasteiger partial charge in [-0.2, -0.15) is 0 Å². The summed E-state index contributed by atoms with van der Waals surface area (Å²) in [7, 11) is 1.42. The van der Waals surface area contributed by atoms with E-state index in [0.717, 1.165) is 13.0 Å². The summed E-state index contributed by atoms with van der Waals surface area (Å²) in [6, 6.07) is 0.222. The molecule has 0 amide bonds. The average molecular weight is 303 g/mol. The van der Waals surface area contributed by atoms with Gasteiger partial charge in [0.2, 0.25) is 0 Å². The molecule has 0 bridgehead atoms. The SMILES string of the molecule is COC(=O)C(C)(CCCOCCOCC(C)C)NC(C)C. The number of rotatable bonds is 12. The molecule has 0 saturated heterocycles. The molecule has 0 aliphatic carbocycles. The first-order valence-electron chi connectivity index (χ1n) is 7.83. The van der Waals surface area contributed by atoms with Gasteiger partial charge in [0.15, 0.2) is 0 Å². The Balaban J connectivity index is 3.86. The fourth-order valence-electron chi connectivity index (χ4n) is 2.16. The third-order valence-corrected chi connectivity index (χ3v) is 3.03. The van der Waals surface area contributed by atoms with E-state index in [1.165, 1.54) is 7.11 Å². The van der Waals surface area contributed by atoms with Gasteiger partial charge in [0.1, 0.15) is 5.54 Å². The number of carbonyl (C=O) groups is 1. The summed E-state index contributed by atoms with van der Waals surface area (Å²) in [6.07, 6.45) is 1.49. The predicted octanol–water partition coefficient (Wildman–Crippen LogP) is 2.39. The Morgan fingerprint density at radius 1 is 1.10 bits per heavy atom. The van der Waals surface area contributed by atoms with Gasteiger partial charge in [-0.15, -0.1) is 0 Å². The molecule has 1 unspecified atom stereocenters. The van der Waals surface area contributed by atoms with Gasteiger partial charge in [0.25, 0.3) is 0 Å². The number of hydrogen-bond acceptors (Lipinski definition) is 5. The van der Waals surface area contributed by atoms with E-state index in [1.54, 1.807) is 0 Å². The average Bonchev–Trinajstić information content (AvgIpc) is 2.39. The van der Waals surface area contributed by atoms with E-state index in [4.69, 9.17) is 14.2 Å². The minimum absolute atomic E-state index is 0.222. The van der Waals surface area contributed by atoms with Crippen LogP contribution >= 0.6 is 0 Å². The second kappa shape index (κ2) is 11.0. The summed E-state index contributed by atoms with van der Waals surface area (Å²) in [5.74, 6) is 0.323. The smallest absolute Gasteiger partial charge is 0.325 e. The lowest BCUT2D eigenvalue weighted by atomic mass is 9.95. The van der Waals surface area contributed by atoms with Crippen LogP contribution in [0.15, 0.2) is 0 Å². The van der Waals surface area contributed by atoms with Gasteiger partial charge in [-0.05, 0) is 39.5 Å². The van der Waals surface area contributed by atoms with Gasteiger partial charge < -0.3 is 14.2 Å². The first kappa shape index (κ1) is 20.3. The largest absolute Gasteiger partial charge is 0.468 e. The van der Waals surface area contributed by atoms with Crippen molar-refractivity contribution >= 4 is 5.97 Å². The minimum atomic E-state index is -0.652. The van der Waals surface area contributed by atoms with Crippen molar-refractivity contribution in [2.75, 3.05) is 33.5 Å². The molecule has 0 aromatic carbocycles. The second-order valence-electron chi connectivity index (χ2n) is 6.31. The van der Waals surface area contributed by atoms with Crippen LogP contribution in [0.1, 0.15) is 47.5 Å². The molecule has 0 radical (unpaired) electrons. The van der Waals surface area contributed by atoms with Gasteiger partial charge in [-0.1, -0.05) is 13.8 Å². The fourth-order valence-corrected chi connectivity index (χ4v) is 2.16. The van der Waals surface area contributed by atoms with E-state index in [9.17, 15) is 4.79 Å². The molecule has 0 aliphatic rings. The number of hydrogen-bond donors (Lipinski definition) is 1.